The number of carbonyl (C=O) groups excluding carboxylic acids is 2. The standard InChI is InChI=1S/C26H21F3INO3/c27-26(28,29)21-13-18(12-20(14-21)24(30)32)10-17-6-8-22-19(11-17)7-9-23(22)31-25(33)34-15-16-4-2-1-3-5-16/h1-6,8,11-14,23H,7,9-10,15H2,(H,31,33). The molecule has 0 aliphatic heterocycles. The van der Waals surface area contributed by atoms with Crippen LogP contribution < -0.4 is 5.32 Å². The second-order valence-corrected chi connectivity index (χ2v) is 9.18. The van der Waals surface area contributed by atoms with Gasteiger partial charge in [-0.15, -0.1) is 0 Å². The molecule has 0 saturated heterocycles. The highest BCUT2D eigenvalue weighted by Gasteiger charge is 2.32. The minimum atomic E-state index is -4.53. The van der Waals surface area contributed by atoms with Gasteiger partial charge in [-0.25, -0.2) is 4.79 Å². The molecule has 1 aliphatic carbocycles. The number of hydrogen-bond donors (Lipinski definition) is 1. The molecular formula is C26H21F3INO3. The number of benzene rings is 3. The van der Waals surface area contributed by atoms with E-state index in [1.54, 1.807) is 0 Å². The van der Waals surface area contributed by atoms with Gasteiger partial charge in [0, 0.05) is 28.2 Å². The lowest BCUT2D eigenvalue weighted by molar-refractivity contribution is -0.137. The van der Waals surface area contributed by atoms with E-state index >= 15 is 0 Å². The van der Waals surface area contributed by atoms with Crippen molar-refractivity contribution in [2.75, 3.05) is 0 Å². The summed E-state index contributed by atoms with van der Waals surface area (Å²) in [6, 6.07) is 18.4. The summed E-state index contributed by atoms with van der Waals surface area (Å²) in [6.07, 6.45) is -3.29. The molecule has 0 bridgehead atoms. The molecule has 0 radical (unpaired) electrons. The topological polar surface area (TPSA) is 55.4 Å². The summed E-state index contributed by atoms with van der Waals surface area (Å²) in [4.78, 5) is 23.9. The van der Waals surface area contributed by atoms with Crippen LogP contribution in [-0.2, 0) is 30.4 Å². The molecule has 8 heteroatoms. The number of ether oxygens (including phenoxy) is 1. The molecule has 1 aliphatic rings. The van der Waals surface area contributed by atoms with Crippen LogP contribution in [0.5, 0.6) is 0 Å². The number of carbonyl (C=O) groups is 2. The Hall–Kier alpha value is -2.88. The highest BCUT2D eigenvalue weighted by atomic mass is 127. The van der Waals surface area contributed by atoms with Crippen molar-refractivity contribution in [1.29, 1.82) is 0 Å². The molecule has 1 N–H and O–H groups in total. The summed E-state index contributed by atoms with van der Waals surface area (Å²) in [7, 11) is 0. The number of hydrogen-bond acceptors (Lipinski definition) is 3. The first-order valence-corrected chi connectivity index (χ1v) is 11.8. The average Bonchev–Trinajstić information content (AvgIpc) is 3.19. The molecular weight excluding hydrogens is 558 g/mol. The van der Waals surface area contributed by atoms with Gasteiger partial charge in [0.25, 0.3) is 0 Å². The molecule has 176 valence electrons. The average molecular weight is 579 g/mol. The molecule has 34 heavy (non-hydrogen) atoms. The highest BCUT2D eigenvalue weighted by Crippen LogP contribution is 2.34. The molecule has 1 amide bonds. The zero-order valence-electron chi connectivity index (χ0n) is 18.0. The van der Waals surface area contributed by atoms with E-state index in [9.17, 15) is 22.8 Å². The van der Waals surface area contributed by atoms with Crippen molar-refractivity contribution in [1.82, 2.24) is 5.32 Å². The summed E-state index contributed by atoms with van der Waals surface area (Å²) >= 11 is 1.49. The fourth-order valence-corrected chi connectivity index (χ4v) is 4.46. The third-order valence-corrected chi connectivity index (χ3v) is 6.37. The van der Waals surface area contributed by atoms with Crippen molar-refractivity contribution in [2.24, 2.45) is 0 Å². The third kappa shape index (κ3) is 5.97. The molecule has 0 aromatic heterocycles. The normalized spacial score (nSPS) is 15.0. The van der Waals surface area contributed by atoms with Gasteiger partial charge in [0.2, 0.25) is 3.79 Å². The van der Waals surface area contributed by atoms with E-state index in [0.29, 0.717) is 5.56 Å². The number of rotatable bonds is 6. The molecule has 0 saturated carbocycles. The minimum Gasteiger partial charge on any atom is -0.445 e. The number of nitrogens with one attached hydrogen (secondary N) is 1. The zero-order valence-corrected chi connectivity index (χ0v) is 20.2. The quantitative estimate of drug-likeness (QED) is 0.259. The first-order valence-electron chi connectivity index (χ1n) is 10.7. The summed E-state index contributed by atoms with van der Waals surface area (Å²) < 4.78 is 44.7. The van der Waals surface area contributed by atoms with E-state index in [-0.39, 0.29) is 24.6 Å². The Labute approximate surface area is 208 Å². The molecule has 0 spiro atoms. The van der Waals surface area contributed by atoms with E-state index in [2.05, 4.69) is 5.32 Å². The smallest absolute Gasteiger partial charge is 0.416 e. The molecule has 3 aromatic carbocycles. The van der Waals surface area contributed by atoms with Crippen molar-refractivity contribution in [3.8, 4) is 0 Å². The van der Waals surface area contributed by atoms with Crippen LogP contribution in [0.1, 0.15) is 56.2 Å². The van der Waals surface area contributed by atoms with Crippen LogP contribution >= 0.6 is 22.6 Å². The maximum Gasteiger partial charge on any atom is 0.416 e. The first-order chi connectivity index (χ1) is 16.2. The van der Waals surface area contributed by atoms with Crippen molar-refractivity contribution in [3.05, 3.63) is 106 Å². The lowest BCUT2D eigenvalue weighted by atomic mass is 9.97. The van der Waals surface area contributed by atoms with Gasteiger partial charge in [0.05, 0.1) is 11.6 Å². The molecule has 1 unspecified atom stereocenters. The van der Waals surface area contributed by atoms with Crippen molar-refractivity contribution < 1.29 is 27.5 Å². The maximum atomic E-state index is 13.3. The highest BCUT2D eigenvalue weighted by molar-refractivity contribution is 14.1. The van der Waals surface area contributed by atoms with Gasteiger partial charge in [-0.1, -0.05) is 48.5 Å². The second-order valence-electron chi connectivity index (χ2n) is 8.20. The number of alkyl carbamates (subject to hydrolysis) is 1. The summed E-state index contributed by atoms with van der Waals surface area (Å²) in [5.74, 6) is 0. The van der Waals surface area contributed by atoms with Crippen LogP contribution in [0, 0.1) is 0 Å². The van der Waals surface area contributed by atoms with E-state index in [4.69, 9.17) is 4.74 Å². The molecule has 1 atom stereocenters. The molecule has 4 rings (SSSR count). The van der Waals surface area contributed by atoms with E-state index in [0.717, 1.165) is 47.2 Å². The Kier molecular flexibility index (Phi) is 7.25. The minimum absolute atomic E-state index is 0.0323. The summed E-state index contributed by atoms with van der Waals surface area (Å²) in [5.41, 5.74) is 3.39. The molecule has 4 nitrogen and oxygen atoms in total. The SMILES string of the molecule is O=C(NC1CCc2cc(Cc3cc(C(=O)I)cc(C(F)(F)F)c3)ccc21)OCc1ccccc1. The fourth-order valence-electron chi connectivity index (χ4n) is 4.14. The monoisotopic (exact) mass is 579 g/mol. The van der Waals surface area contributed by atoms with E-state index in [1.807, 2.05) is 48.5 Å². The van der Waals surface area contributed by atoms with Crippen LogP contribution in [0.4, 0.5) is 18.0 Å². The number of amides is 1. The van der Waals surface area contributed by atoms with Gasteiger partial charge in [0.15, 0.2) is 0 Å². The van der Waals surface area contributed by atoms with Crippen LogP contribution in [0.25, 0.3) is 0 Å². The summed E-state index contributed by atoms with van der Waals surface area (Å²) in [5, 5.41) is 2.89. The van der Waals surface area contributed by atoms with Gasteiger partial charge >= 0.3 is 12.3 Å². The van der Waals surface area contributed by atoms with Crippen molar-refractivity contribution in [2.45, 2.75) is 38.1 Å². The zero-order chi connectivity index (χ0) is 24.3. The number of alkyl halides is 3. The number of halogens is 4. The molecule has 0 heterocycles. The van der Waals surface area contributed by atoms with Crippen LogP contribution in [0.2, 0.25) is 0 Å². The Bertz CT molecular complexity index is 1210. The molecule has 3 aromatic rings. The second kappa shape index (κ2) is 10.2. The number of aryl methyl sites for hydroxylation is 1. The van der Waals surface area contributed by atoms with Crippen molar-refractivity contribution in [3.63, 3.8) is 0 Å². The number of fused-ring (bicyclic) bond motifs is 1. The lowest BCUT2D eigenvalue weighted by Crippen LogP contribution is -2.27. The Morgan fingerprint density at radius 2 is 1.74 bits per heavy atom. The Balaban J connectivity index is 1.44. The molecule has 0 fully saturated rings. The van der Waals surface area contributed by atoms with Gasteiger partial charge in [-0.05, 0) is 65.3 Å². The Morgan fingerprint density at radius 3 is 2.44 bits per heavy atom. The fraction of sp³-hybridized carbons (Fsp3) is 0.231. The van der Waals surface area contributed by atoms with Gasteiger partial charge in [0.1, 0.15) is 6.61 Å². The maximum absolute atomic E-state index is 13.3. The van der Waals surface area contributed by atoms with Gasteiger partial charge in [-0.2, -0.15) is 13.2 Å². The summed E-state index contributed by atoms with van der Waals surface area (Å²) in [6.45, 7) is 0.184. The van der Waals surface area contributed by atoms with E-state index < -0.39 is 21.6 Å². The van der Waals surface area contributed by atoms with Gasteiger partial charge < -0.3 is 10.1 Å². The predicted octanol–water partition coefficient (Wildman–Crippen LogP) is 6.79. The van der Waals surface area contributed by atoms with E-state index in [1.165, 1.54) is 28.7 Å². The Morgan fingerprint density at radius 1 is 0.971 bits per heavy atom. The first kappa shape index (κ1) is 24.3. The lowest BCUT2D eigenvalue weighted by Gasteiger charge is -2.15. The predicted molar refractivity (Wildman–Crippen MR) is 130 cm³/mol. The third-order valence-electron chi connectivity index (χ3n) is 5.75. The van der Waals surface area contributed by atoms with Crippen molar-refractivity contribution >= 4 is 32.5 Å². The van der Waals surface area contributed by atoms with Crippen LogP contribution in [0.3, 0.4) is 0 Å². The van der Waals surface area contributed by atoms with Crippen LogP contribution in [0.15, 0.2) is 66.7 Å². The van der Waals surface area contributed by atoms with Gasteiger partial charge in [-0.3, -0.25) is 4.79 Å². The van der Waals surface area contributed by atoms with Crippen LogP contribution in [-0.4, -0.2) is 9.88 Å². The largest absolute Gasteiger partial charge is 0.445 e.